The van der Waals surface area contributed by atoms with Crippen LogP contribution < -0.4 is 5.32 Å². The van der Waals surface area contributed by atoms with Crippen LogP contribution in [0.3, 0.4) is 0 Å². The fraction of sp³-hybridized carbons (Fsp3) is 0.0556. The number of nitrogens with one attached hydrogen (secondary N) is 2. The molecule has 0 bridgehead atoms. The van der Waals surface area contributed by atoms with E-state index < -0.39 is 0 Å². The number of aromatic amines is 1. The molecular weight excluding hydrogens is 383 g/mol. The van der Waals surface area contributed by atoms with Crippen LogP contribution in [0.25, 0.3) is 28.1 Å². The van der Waals surface area contributed by atoms with Crippen LogP contribution in [0.5, 0.6) is 0 Å². The first-order valence-corrected chi connectivity index (χ1v) is 8.74. The fourth-order valence-electron chi connectivity index (χ4n) is 3.02. The normalized spacial score (nSPS) is 11.4. The number of aromatic nitrogens is 7. The van der Waals surface area contributed by atoms with Crippen LogP contribution in [0, 0.1) is 5.82 Å². The fourth-order valence-corrected chi connectivity index (χ4v) is 3.19. The van der Waals surface area contributed by atoms with Crippen LogP contribution in [0.15, 0.2) is 49.2 Å². The van der Waals surface area contributed by atoms with Gasteiger partial charge >= 0.3 is 0 Å². The van der Waals surface area contributed by atoms with Crippen molar-refractivity contribution in [2.24, 2.45) is 0 Å². The highest BCUT2D eigenvalue weighted by atomic mass is 35.5. The van der Waals surface area contributed by atoms with Gasteiger partial charge in [-0.05, 0) is 18.2 Å². The van der Waals surface area contributed by atoms with Gasteiger partial charge in [0.2, 0.25) is 0 Å². The van der Waals surface area contributed by atoms with Crippen molar-refractivity contribution in [3.63, 3.8) is 0 Å². The van der Waals surface area contributed by atoms with E-state index in [1.165, 1.54) is 23.1 Å². The average molecular weight is 395 g/mol. The van der Waals surface area contributed by atoms with Crippen molar-refractivity contribution in [3.05, 3.63) is 65.7 Å². The highest BCUT2D eigenvalue weighted by Crippen LogP contribution is 2.27. The van der Waals surface area contributed by atoms with Gasteiger partial charge in [0, 0.05) is 17.7 Å². The van der Waals surface area contributed by atoms with Crippen molar-refractivity contribution in [1.82, 2.24) is 34.5 Å². The molecule has 2 N–H and O–H groups in total. The Morgan fingerprint density at radius 3 is 2.93 bits per heavy atom. The summed E-state index contributed by atoms with van der Waals surface area (Å²) in [5, 5.41) is 8.11. The molecule has 0 amide bonds. The maximum absolute atomic E-state index is 14.5. The average Bonchev–Trinajstić information content (AvgIpc) is 3.33. The predicted molar refractivity (Wildman–Crippen MR) is 102 cm³/mol. The summed E-state index contributed by atoms with van der Waals surface area (Å²) in [7, 11) is 0. The van der Waals surface area contributed by atoms with Crippen LogP contribution in [-0.4, -0.2) is 34.5 Å². The number of hydrogen-bond donors (Lipinski definition) is 2. The predicted octanol–water partition coefficient (Wildman–Crippen LogP) is 3.47. The third kappa shape index (κ3) is 2.72. The Morgan fingerprint density at radius 2 is 2.04 bits per heavy atom. The van der Waals surface area contributed by atoms with Gasteiger partial charge in [0.25, 0.3) is 0 Å². The first-order valence-electron chi connectivity index (χ1n) is 8.37. The molecule has 5 aromatic rings. The Balaban J connectivity index is 1.60. The number of nitrogens with zero attached hydrogens (tertiary/aromatic N) is 6. The number of anilines is 1. The summed E-state index contributed by atoms with van der Waals surface area (Å²) in [5.41, 5.74) is 3.39. The van der Waals surface area contributed by atoms with Crippen molar-refractivity contribution in [2.45, 2.75) is 6.54 Å². The SMILES string of the molecule is Fc1ccccc1-c1nn2c(Cl)cnc2cc1CNc1ncnc2nc[nH]c12. The van der Waals surface area contributed by atoms with Crippen LogP contribution >= 0.6 is 11.6 Å². The standard InChI is InChI=1S/C18H12ClFN8/c19-13-7-21-14-5-10(6-22-17-16-18(24-8-23-16)26-9-25-17)15(27-28(13)14)11-3-1-2-4-12(11)20/h1-5,7-9H,6H2,(H2,22,23,24,25,26). The molecule has 0 aliphatic heterocycles. The van der Waals surface area contributed by atoms with Gasteiger partial charge in [0.15, 0.2) is 22.3 Å². The second kappa shape index (κ2) is 6.54. The summed E-state index contributed by atoms with van der Waals surface area (Å²) >= 11 is 6.15. The first kappa shape index (κ1) is 16.6. The molecule has 0 atom stereocenters. The van der Waals surface area contributed by atoms with Gasteiger partial charge in [-0.1, -0.05) is 23.7 Å². The van der Waals surface area contributed by atoms with Crippen molar-refractivity contribution in [2.75, 3.05) is 5.32 Å². The van der Waals surface area contributed by atoms with Crippen molar-refractivity contribution in [1.29, 1.82) is 0 Å². The van der Waals surface area contributed by atoms with E-state index in [1.54, 1.807) is 24.5 Å². The van der Waals surface area contributed by atoms with E-state index in [0.29, 0.717) is 45.6 Å². The summed E-state index contributed by atoms with van der Waals surface area (Å²) in [6, 6.07) is 8.28. The molecule has 0 fully saturated rings. The number of benzene rings is 1. The molecule has 10 heteroatoms. The maximum atomic E-state index is 14.5. The molecule has 0 radical (unpaired) electrons. The maximum Gasteiger partial charge on any atom is 0.182 e. The zero-order valence-electron chi connectivity index (χ0n) is 14.3. The molecular formula is C18H12ClFN8. The summed E-state index contributed by atoms with van der Waals surface area (Å²) in [5.74, 6) is 0.216. The minimum atomic E-state index is -0.371. The van der Waals surface area contributed by atoms with E-state index in [1.807, 2.05) is 6.07 Å². The molecule has 0 aliphatic rings. The minimum absolute atomic E-state index is 0.336. The van der Waals surface area contributed by atoms with E-state index in [9.17, 15) is 4.39 Å². The Bertz CT molecular complexity index is 1310. The zero-order valence-corrected chi connectivity index (χ0v) is 15.0. The second-order valence-corrected chi connectivity index (χ2v) is 6.41. The van der Waals surface area contributed by atoms with Gasteiger partial charge in [-0.3, -0.25) is 0 Å². The van der Waals surface area contributed by atoms with Crippen molar-refractivity contribution in [3.8, 4) is 11.3 Å². The molecule has 28 heavy (non-hydrogen) atoms. The van der Waals surface area contributed by atoms with Crippen LogP contribution in [0.4, 0.5) is 10.2 Å². The number of halogens is 2. The quantitative estimate of drug-likeness (QED) is 0.484. The molecule has 138 valence electrons. The minimum Gasteiger partial charge on any atom is -0.364 e. The largest absolute Gasteiger partial charge is 0.364 e. The molecule has 8 nitrogen and oxygen atoms in total. The molecule has 4 aromatic heterocycles. The van der Waals surface area contributed by atoms with Gasteiger partial charge in [0.05, 0.1) is 18.2 Å². The number of H-pyrrole nitrogens is 1. The van der Waals surface area contributed by atoms with Gasteiger partial charge in [-0.25, -0.2) is 28.8 Å². The molecule has 0 saturated carbocycles. The number of rotatable bonds is 4. The second-order valence-electron chi connectivity index (χ2n) is 6.03. The lowest BCUT2D eigenvalue weighted by atomic mass is 10.1. The van der Waals surface area contributed by atoms with Gasteiger partial charge in [0.1, 0.15) is 17.7 Å². The molecule has 0 unspecified atom stereocenters. The highest BCUT2D eigenvalue weighted by Gasteiger charge is 2.16. The lowest BCUT2D eigenvalue weighted by Crippen LogP contribution is -2.08. The van der Waals surface area contributed by atoms with Gasteiger partial charge < -0.3 is 10.3 Å². The van der Waals surface area contributed by atoms with Crippen LogP contribution in [0.2, 0.25) is 5.15 Å². The summed E-state index contributed by atoms with van der Waals surface area (Å²) in [6.45, 7) is 0.336. The summed E-state index contributed by atoms with van der Waals surface area (Å²) in [6.07, 6.45) is 4.49. The number of fused-ring (bicyclic) bond motifs is 2. The van der Waals surface area contributed by atoms with E-state index in [0.717, 1.165) is 5.56 Å². The monoisotopic (exact) mass is 394 g/mol. The van der Waals surface area contributed by atoms with Crippen LogP contribution in [0.1, 0.15) is 5.56 Å². The van der Waals surface area contributed by atoms with E-state index >= 15 is 0 Å². The molecule has 0 aliphatic carbocycles. The third-order valence-electron chi connectivity index (χ3n) is 4.33. The Labute approximate surface area is 162 Å². The third-order valence-corrected chi connectivity index (χ3v) is 4.59. The molecule has 0 spiro atoms. The molecule has 5 rings (SSSR count). The van der Waals surface area contributed by atoms with Crippen LogP contribution in [-0.2, 0) is 6.54 Å². The Kier molecular flexibility index (Phi) is 3.87. The first-order chi connectivity index (χ1) is 13.7. The summed E-state index contributed by atoms with van der Waals surface area (Å²) < 4.78 is 15.9. The highest BCUT2D eigenvalue weighted by molar-refractivity contribution is 6.29. The summed E-state index contributed by atoms with van der Waals surface area (Å²) in [4.78, 5) is 19.7. The molecule has 4 heterocycles. The number of imidazole rings is 2. The Hall–Kier alpha value is -3.59. The Morgan fingerprint density at radius 1 is 1.14 bits per heavy atom. The van der Waals surface area contributed by atoms with Gasteiger partial charge in [-0.15, -0.1) is 0 Å². The zero-order chi connectivity index (χ0) is 19.1. The smallest absolute Gasteiger partial charge is 0.182 e. The van der Waals surface area contributed by atoms with E-state index in [2.05, 4.69) is 35.3 Å². The van der Waals surface area contributed by atoms with Gasteiger partial charge in [-0.2, -0.15) is 5.10 Å². The topological polar surface area (TPSA) is 96.7 Å². The lowest BCUT2D eigenvalue weighted by Gasteiger charge is -2.12. The molecule has 1 aromatic carbocycles. The number of hydrogen-bond acceptors (Lipinski definition) is 6. The van der Waals surface area contributed by atoms with Crippen molar-refractivity contribution < 1.29 is 4.39 Å². The van der Waals surface area contributed by atoms with E-state index in [4.69, 9.17) is 11.6 Å². The molecule has 0 saturated heterocycles. The van der Waals surface area contributed by atoms with E-state index in [-0.39, 0.29) is 5.82 Å². The lowest BCUT2D eigenvalue weighted by molar-refractivity contribution is 0.630. The van der Waals surface area contributed by atoms with Crippen molar-refractivity contribution >= 4 is 34.2 Å².